The number of carbonyl (C=O) groups is 1. The van der Waals surface area contributed by atoms with Crippen LogP contribution in [0, 0.1) is 5.41 Å². The Morgan fingerprint density at radius 2 is 2.00 bits per heavy atom. The summed E-state index contributed by atoms with van der Waals surface area (Å²) in [4.78, 5) is 24.9. The van der Waals surface area contributed by atoms with Crippen LogP contribution in [-0.2, 0) is 9.47 Å². The molecule has 7 heteroatoms. The van der Waals surface area contributed by atoms with Crippen molar-refractivity contribution >= 4 is 17.6 Å². The predicted octanol–water partition coefficient (Wildman–Crippen LogP) is 4.83. The highest BCUT2D eigenvalue weighted by Crippen LogP contribution is 2.59. The number of methoxy groups -OCH3 is 2. The van der Waals surface area contributed by atoms with E-state index in [1.807, 2.05) is 12.1 Å². The Labute approximate surface area is 187 Å². The number of nitrogens with zero attached hydrogens (tertiary/aromatic N) is 1. The highest BCUT2D eigenvalue weighted by Gasteiger charge is 2.47. The standard InChI is InChI=1S/C24H28ClNO5/c1-24(2)7-6-14-15-11-21(31-9-5-8-29-3)18(25)10-16(15)19-12-20(27)17(23(28)30-4)13-26(19)22(14)24/h10-14,22H,5-9H2,1-4H3/t14-,22-/m1/s1. The Hall–Kier alpha value is -2.31. The van der Waals surface area contributed by atoms with E-state index < -0.39 is 5.97 Å². The molecule has 4 rings (SSSR count). The first kappa shape index (κ1) is 21.9. The molecule has 1 aromatic carbocycles. The number of hydrogen-bond acceptors (Lipinski definition) is 5. The highest BCUT2D eigenvalue weighted by molar-refractivity contribution is 6.32. The number of aromatic nitrogens is 1. The van der Waals surface area contributed by atoms with Crippen LogP contribution in [0.2, 0.25) is 5.02 Å². The fourth-order valence-corrected chi connectivity index (χ4v) is 5.34. The SMILES string of the molecule is COCCCOc1cc2c(cc1Cl)-c1cc(=O)c(C(=O)OC)cn1[C@@H]1[C@@H]2CCC1(C)C. The zero-order valence-electron chi connectivity index (χ0n) is 18.4. The molecular formula is C24H28ClNO5. The van der Waals surface area contributed by atoms with Gasteiger partial charge in [0.25, 0.3) is 0 Å². The van der Waals surface area contributed by atoms with E-state index in [4.69, 9.17) is 25.8 Å². The maximum atomic E-state index is 12.7. The quantitative estimate of drug-likeness (QED) is 0.470. The molecular weight excluding hydrogens is 418 g/mol. The number of pyridine rings is 1. The summed E-state index contributed by atoms with van der Waals surface area (Å²) in [6.45, 7) is 5.62. The Balaban J connectivity index is 1.86. The van der Waals surface area contributed by atoms with Crippen LogP contribution in [0.25, 0.3) is 11.3 Å². The zero-order chi connectivity index (χ0) is 22.3. The number of halogens is 1. The van der Waals surface area contributed by atoms with Crippen molar-refractivity contribution in [2.45, 2.75) is 45.1 Å². The molecule has 2 aliphatic rings. The number of carbonyl (C=O) groups excluding carboxylic acids is 1. The van der Waals surface area contributed by atoms with Gasteiger partial charge in [-0.1, -0.05) is 25.4 Å². The van der Waals surface area contributed by atoms with E-state index in [0.29, 0.717) is 24.0 Å². The molecule has 0 saturated heterocycles. The van der Waals surface area contributed by atoms with Crippen LogP contribution in [0.3, 0.4) is 0 Å². The molecule has 2 atom stereocenters. The van der Waals surface area contributed by atoms with Gasteiger partial charge < -0.3 is 18.8 Å². The van der Waals surface area contributed by atoms with Crippen molar-refractivity contribution in [1.29, 1.82) is 0 Å². The molecule has 0 N–H and O–H groups in total. The molecule has 0 amide bonds. The second-order valence-electron chi connectivity index (χ2n) is 8.98. The molecule has 166 valence electrons. The number of esters is 1. The smallest absolute Gasteiger partial charge is 0.343 e. The van der Waals surface area contributed by atoms with Crippen LogP contribution in [0.15, 0.2) is 29.2 Å². The lowest BCUT2D eigenvalue weighted by atomic mass is 9.77. The van der Waals surface area contributed by atoms with Crippen molar-refractivity contribution in [1.82, 2.24) is 4.57 Å². The van der Waals surface area contributed by atoms with Crippen molar-refractivity contribution < 1.29 is 19.0 Å². The molecule has 1 saturated carbocycles. The van der Waals surface area contributed by atoms with Crippen LogP contribution in [0.1, 0.15) is 61.0 Å². The third-order valence-corrected chi connectivity index (χ3v) is 6.89. The van der Waals surface area contributed by atoms with Crippen LogP contribution in [0.4, 0.5) is 0 Å². The summed E-state index contributed by atoms with van der Waals surface area (Å²) in [5.41, 5.74) is 2.54. The number of fused-ring (bicyclic) bond motifs is 6. The first-order valence-corrected chi connectivity index (χ1v) is 11.0. The Morgan fingerprint density at radius 3 is 2.71 bits per heavy atom. The van der Waals surface area contributed by atoms with Gasteiger partial charge >= 0.3 is 5.97 Å². The lowest BCUT2D eigenvalue weighted by Crippen LogP contribution is -2.32. The molecule has 0 unspecified atom stereocenters. The van der Waals surface area contributed by atoms with Crippen LogP contribution in [-0.4, -0.2) is 38.0 Å². The van der Waals surface area contributed by atoms with E-state index in [9.17, 15) is 9.59 Å². The molecule has 6 nitrogen and oxygen atoms in total. The first-order chi connectivity index (χ1) is 14.8. The maximum Gasteiger partial charge on any atom is 0.343 e. The van der Waals surface area contributed by atoms with E-state index in [-0.39, 0.29) is 28.4 Å². The Kier molecular flexibility index (Phi) is 5.88. The van der Waals surface area contributed by atoms with Crippen molar-refractivity contribution in [2.24, 2.45) is 5.41 Å². The molecule has 1 fully saturated rings. The summed E-state index contributed by atoms with van der Waals surface area (Å²) in [7, 11) is 2.95. The largest absolute Gasteiger partial charge is 0.492 e. The molecule has 31 heavy (non-hydrogen) atoms. The maximum absolute atomic E-state index is 12.7. The summed E-state index contributed by atoms with van der Waals surface area (Å²) in [6.07, 6.45) is 4.49. The average molecular weight is 446 g/mol. The van der Waals surface area contributed by atoms with Crippen molar-refractivity contribution in [3.05, 3.63) is 50.8 Å². The molecule has 1 aliphatic carbocycles. The summed E-state index contributed by atoms with van der Waals surface area (Å²) in [5.74, 6) is 0.280. The van der Waals surface area contributed by atoms with E-state index in [2.05, 4.69) is 18.4 Å². The normalized spacial score (nSPS) is 20.5. The van der Waals surface area contributed by atoms with Gasteiger partial charge in [-0.15, -0.1) is 0 Å². The van der Waals surface area contributed by atoms with E-state index in [0.717, 1.165) is 36.1 Å². The monoisotopic (exact) mass is 445 g/mol. The number of ether oxygens (including phenoxy) is 3. The van der Waals surface area contributed by atoms with E-state index in [1.165, 1.54) is 13.2 Å². The molecule has 0 bridgehead atoms. The minimum Gasteiger partial charge on any atom is -0.492 e. The van der Waals surface area contributed by atoms with E-state index >= 15 is 0 Å². The van der Waals surface area contributed by atoms with Crippen molar-refractivity contribution in [3.63, 3.8) is 0 Å². The van der Waals surface area contributed by atoms with Gasteiger partial charge in [-0.2, -0.15) is 0 Å². The molecule has 0 spiro atoms. The minimum absolute atomic E-state index is 0.00130. The zero-order valence-corrected chi connectivity index (χ0v) is 19.1. The van der Waals surface area contributed by atoms with E-state index in [1.54, 1.807) is 13.3 Å². The van der Waals surface area contributed by atoms with Gasteiger partial charge in [-0.3, -0.25) is 4.79 Å². The van der Waals surface area contributed by atoms with Gasteiger partial charge in [0.1, 0.15) is 11.3 Å². The van der Waals surface area contributed by atoms with Gasteiger partial charge in [0.2, 0.25) is 0 Å². The second-order valence-corrected chi connectivity index (χ2v) is 9.39. The fourth-order valence-electron chi connectivity index (χ4n) is 5.13. The number of benzene rings is 1. The summed E-state index contributed by atoms with van der Waals surface area (Å²) < 4.78 is 17.9. The predicted molar refractivity (Wildman–Crippen MR) is 119 cm³/mol. The molecule has 1 aliphatic heterocycles. The summed E-state index contributed by atoms with van der Waals surface area (Å²) >= 11 is 6.57. The Bertz CT molecular complexity index is 1070. The van der Waals surface area contributed by atoms with Gasteiger partial charge in [-0.25, -0.2) is 4.79 Å². The lowest BCUT2D eigenvalue weighted by molar-refractivity contribution is 0.0597. The van der Waals surface area contributed by atoms with Gasteiger partial charge in [0.15, 0.2) is 5.43 Å². The minimum atomic E-state index is -0.615. The molecule has 1 aromatic heterocycles. The second kappa shape index (κ2) is 8.32. The fraction of sp³-hybridized carbons (Fsp3) is 0.500. The Morgan fingerprint density at radius 1 is 1.23 bits per heavy atom. The third-order valence-electron chi connectivity index (χ3n) is 6.60. The van der Waals surface area contributed by atoms with Gasteiger partial charge in [-0.05, 0) is 36.0 Å². The van der Waals surface area contributed by atoms with Crippen LogP contribution < -0.4 is 10.2 Å². The molecule has 2 aromatic rings. The molecule has 0 radical (unpaired) electrons. The first-order valence-electron chi connectivity index (χ1n) is 10.6. The summed E-state index contributed by atoms with van der Waals surface area (Å²) in [5, 5.41) is 0.503. The topological polar surface area (TPSA) is 66.8 Å². The number of hydrogen-bond donors (Lipinski definition) is 0. The number of rotatable bonds is 6. The third kappa shape index (κ3) is 3.76. The van der Waals surface area contributed by atoms with Gasteiger partial charge in [0.05, 0.1) is 24.4 Å². The van der Waals surface area contributed by atoms with Crippen molar-refractivity contribution in [2.75, 3.05) is 27.4 Å². The lowest BCUT2D eigenvalue weighted by Gasteiger charge is -2.40. The molecule has 2 heterocycles. The average Bonchev–Trinajstić information content (AvgIpc) is 3.06. The van der Waals surface area contributed by atoms with Crippen molar-refractivity contribution in [3.8, 4) is 17.0 Å². The van der Waals surface area contributed by atoms with Gasteiger partial charge in [0, 0.05) is 49.9 Å². The van der Waals surface area contributed by atoms with Crippen LogP contribution in [0.5, 0.6) is 5.75 Å². The van der Waals surface area contributed by atoms with Crippen LogP contribution >= 0.6 is 11.6 Å². The summed E-state index contributed by atoms with van der Waals surface area (Å²) in [6, 6.07) is 5.56. The highest BCUT2D eigenvalue weighted by atomic mass is 35.5.